The molecule has 0 aliphatic heterocycles. The molecule has 4 N–H and O–H groups in total. The number of nitrogen functional groups attached to an aromatic ring is 1. The second-order valence-electron chi connectivity index (χ2n) is 4.89. The molecule has 6 heteroatoms. The number of sulfonamides is 1. The lowest BCUT2D eigenvalue weighted by Gasteiger charge is -2.24. The molecule has 0 radical (unpaired) electrons. The Hall–Kier alpha value is -2.05. The highest BCUT2D eigenvalue weighted by atomic mass is 32.2. The van der Waals surface area contributed by atoms with Crippen LogP contribution in [0.1, 0.15) is 12.5 Å². The third-order valence-electron chi connectivity index (χ3n) is 3.22. The smallest absolute Gasteiger partial charge is 0.238 e. The third kappa shape index (κ3) is 3.53. The van der Waals surface area contributed by atoms with E-state index in [4.69, 9.17) is 10.9 Å². The SMILES string of the molecule is CCN(c1ccc(C)cc1)c1cc(N)cc(S(N)(=O)=O)c1. The Bertz CT molecular complexity index is 740. The molecular weight excluding hydrogens is 286 g/mol. The lowest BCUT2D eigenvalue weighted by Crippen LogP contribution is -2.18. The Morgan fingerprint density at radius 1 is 1.05 bits per heavy atom. The molecular formula is C15H19N3O2S. The Balaban J connectivity index is 2.52. The molecule has 0 fully saturated rings. The van der Waals surface area contributed by atoms with Crippen LogP contribution < -0.4 is 15.8 Å². The van der Waals surface area contributed by atoms with Gasteiger partial charge in [-0.15, -0.1) is 0 Å². The number of hydrogen-bond acceptors (Lipinski definition) is 4. The highest BCUT2D eigenvalue weighted by Crippen LogP contribution is 2.29. The molecule has 112 valence electrons. The molecule has 2 aromatic carbocycles. The van der Waals surface area contributed by atoms with Gasteiger partial charge in [-0.3, -0.25) is 0 Å². The number of aryl methyl sites for hydroxylation is 1. The van der Waals surface area contributed by atoms with E-state index in [0.29, 0.717) is 17.9 Å². The maximum atomic E-state index is 11.5. The van der Waals surface area contributed by atoms with Crippen molar-refractivity contribution in [3.63, 3.8) is 0 Å². The Morgan fingerprint density at radius 3 is 2.19 bits per heavy atom. The zero-order valence-corrected chi connectivity index (χ0v) is 12.9. The summed E-state index contributed by atoms with van der Waals surface area (Å²) in [6, 6.07) is 12.6. The first kappa shape index (κ1) is 15.3. The fourth-order valence-corrected chi connectivity index (χ4v) is 2.75. The van der Waals surface area contributed by atoms with Gasteiger partial charge in [-0.1, -0.05) is 17.7 Å². The monoisotopic (exact) mass is 305 g/mol. The van der Waals surface area contributed by atoms with E-state index < -0.39 is 10.0 Å². The molecule has 21 heavy (non-hydrogen) atoms. The summed E-state index contributed by atoms with van der Waals surface area (Å²) in [5.74, 6) is 0. The summed E-state index contributed by atoms with van der Waals surface area (Å²) >= 11 is 0. The van der Waals surface area contributed by atoms with Crippen molar-refractivity contribution < 1.29 is 8.42 Å². The highest BCUT2D eigenvalue weighted by molar-refractivity contribution is 7.89. The largest absolute Gasteiger partial charge is 0.399 e. The fraction of sp³-hybridized carbons (Fsp3) is 0.200. The number of rotatable bonds is 4. The topological polar surface area (TPSA) is 89.4 Å². The minimum Gasteiger partial charge on any atom is -0.399 e. The van der Waals surface area contributed by atoms with Crippen LogP contribution in [-0.4, -0.2) is 15.0 Å². The summed E-state index contributed by atoms with van der Waals surface area (Å²) in [6.45, 7) is 4.68. The summed E-state index contributed by atoms with van der Waals surface area (Å²) < 4.78 is 23.1. The molecule has 2 rings (SSSR count). The molecule has 0 saturated heterocycles. The standard InChI is InChI=1S/C15H19N3O2S/c1-3-18(13-6-4-11(2)5-7-13)14-8-12(16)9-15(10-14)21(17,19)20/h4-10H,3,16H2,1-2H3,(H2,17,19,20). The number of nitrogens with zero attached hydrogens (tertiary/aromatic N) is 1. The van der Waals surface area contributed by atoms with Gasteiger partial charge in [0.15, 0.2) is 0 Å². The number of primary sulfonamides is 1. The predicted octanol–water partition coefficient (Wildman–Crippen LogP) is 2.38. The molecule has 0 saturated carbocycles. The van der Waals surface area contributed by atoms with Crippen molar-refractivity contribution in [3.8, 4) is 0 Å². The van der Waals surface area contributed by atoms with Gasteiger partial charge in [0.1, 0.15) is 0 Å². The molecule has 0 aromatic heterocycles. The first-order valence-electron chi connectivity index (χ1n) is 6.59. The van der Waals surface area contributed by atoms with Gasteiger partial charge in [0, 0.05) is 23.6 Å². The van der Waals surface area contributed by atoms with E-state index in [9.17, 15) is 8.42 Å². The van der Waals surface area contributed by atoms with Crippen molar-refractivity contribution in [2.24, 2.45) is 5.14 Å². The second kappa shape index (κ2) is 5.75. The molecule has 0 amide bonds. The van der Waals surface area contributed by atoms with E-state index >= 15 is 0 Å². The second-order valence-corrected chi connectivity index (χ2v) is 6.45. The van der Waals surface area contributed by atoms with Gasteiger partial charge in [-0.2, -0.15) is 0 Å². The molecule has 5 nitrogen and oxygen atoms in total. The van der Waals surface area contributed by atoms with Crippen LogP contribution in [0.3, 0.4) is 0 Å². The number of benzene rings is 2. The van der Waals surface area contributed by atoms with Crippen molar-refractivity contribution in [2.45, 2.75) is 18.7 Å². The van der Waals surface area contributed by atoms with Crippen molar-refractivity contribution in [1.29, 1.82) is 0 Å². The van der Waals surface area contributed by atoms with Gasteiger partial charge >= 0.3 is 0 Å². The van der Waals surface area contributed by atoms with Crippen LogP contribution in [-0.2, 0) is 10.0 Å². The molecule has 0 aliphatic rings. The van der Waals surface area contributed by atoms with Crippen LogP contribution in [0.25, 0.3) is 0 Å². The van der Waals surface area contributed by atoms with Crippen molar-refractivity contribution in [1.82, 2.24) is 0 Å². The first-order valence-corrected chi connectivity index (χ1v) is 8.13. The average molecular weight is 305 g/mol. The average Bonchev–Trinajstić information content (AvgIpc) is 2.40. The van der Waals surface area contributed by atoms with E-state index in [1.165, 1.54) is 12.1 Å². The number of anilines is 3. The molecule has 0 unspecified atom stereocenters. The Labute approximate surface area is 125 Å². The van der Waals surface area contributed by atoms with Crippen LogP contribution in [0.4, 0.5) is 17.1 Å². The van der Waals surface area contributed by atoms with Crippen LogP contribution in [0.2, 0.25) is 0 Å². The van der Waals surface area contributed by atoms with Gasteiger partial charge in [0.05, 0.1) is 4.90 Å². The van der Waals surface area contributed by atoms with Crippen LogP contribution in [0.5, 0.6) is 0 Å². The van der Waals surface area contributed by atoms with Crippen molar-refractivity contribution in [2.75, 3.05) is 17.2 Å². The third-order valence-corrected chi connectivity index (χ3v) is 4.11. The molecule has 0 aliphatic carbocycles. The molecule has 0 atom stereocenters. The van der Waals surface area contributed by atoms with Crippen LogP contribution >= 0.6 is 0 Å². The summed E-state index contributed by atoms with van der Waals surface area (Å²) in [7, 11) is -3.79. The summed E-state index contributed by atoms with van der Waals surface area (Å²) in [4.78, 5) is 1.99. The summed E-state index contributed by atoms with van der Waals surface area (Å²) in [5.41, 5.74) is 8.99. The van der Waals surface area contributed by atoms with Gasteiger partial charge in [-0.05, 0) is 44.2 Å². The minimum absolute atomic E-state index is 0.0167. The van der Waals surface area contributed by atoms with Gasteiger partial charge in [0.2, 0.25) is 10.0 Å². The van der Waals surface area contributed by atoms with Gasteiger partial charge < -0.3 is 10.6 Å². The van der Waals surface area contributed by atoms with Crippen LogP contribution in [0.15, 0.2) is 47.4 Å². The normalized spacial score (nSPS) is 11.4. The summed E-state index contributed by atoms with van der Waals surface area (Å²) in [5, 5.41) is 5.19. The number of nitrogens with two attached hydrogens (primary N) is 2. The van der Waals surface area contributed by atoms with Gasteiger partial charge in [0.25, 0.3) is 0 Å². The Morgan fingerprint density at radius 2 is 1.67 bits per heavy atom. The van der Waals surface area contributed by atoms with E-state index in [1.54, 1.807) is 6.07 Å². The molecule has 0 bridgehead atoms. The molecule has 2 aromatic rings. The van der Waals surface area contributed by atoms with E-state index in [2.05, 4.69) is 0 Å². The van der Waals surface area contributed by atoms with E-state index in [0.717, 1.165) is 11.3 Å². The van der Waals surface area contributed by atoms with Crippen LogP contribution in [0, 0.1) is 6.92 Å². The lowest BCUT2D eigenvalue weighted by molar-refractivity contribution is 0.598. The molecule has 0 spiro atoms. The first-order chi connectivity index (χ1) is 9.81. The lowest BCUT2D eigenvalue weighted by atomic mass is 10.2. The summed E-state index contributed by atoms with van der Waals surface area (Å²) in [6.07, 6.45) is 0. The maximum Gasteiger partial charge on any atom is 0.238 e. The van der Waals surface area contributed by atoms with E-state index in [1.807, 2.05) is 43.0 Å². The van der Waals surface area contributed by atoms with Gasteiger partial charge in [-0.25, -0.2) is 13.6 Å². The predicted molar refractivity (Wildman–Crippen MR) is 86.1 cm³/mol. The highest BCUT2D eigenvalue weighted by Gasteiger charge is 2.14. The maximum absolute atomic E-state index is 11.5. The van der Waals surface area contributed by atoms with E-state index in [-0.39, 0.29) is 4.90 Å². The van der Waals surface area contributed by atoms with Crippen molar-refractivity contribution in [3.05, 3.63) is 48.0 Å². The van der Waals surface area contributed by atoms with Crippen molar-refractivity contribution >= 4 is 27.1 Å². The zero-order valence-electron chi connectivity index (χ0n) is 12.1. The Kier molecular flexibility index (Phi) is 4.20. The molecule has 0 heterocycles. The quantitative estimate of drug-likeness (QED) is 0.849. The fourth-order valence-electron chi connectivity index (χ4n) is 2.16. The zero-order chi connectivity index (χ0) is 15.6. The minimum atomic E-state index is -3.79. The number of hydrogen-bond donors (Lipinski definition) is 2.